The van der Waals surface area contributed by atoms with Gasteiger partial charge in [0.15, 0.2) is 5.25 Å². The van der Waals surface area contributed by atoms with Crippen molar-refractivity contribution in [1.29, 1.82) is 5.26 Å². The number of H-pyrrole nitrogens is 1. The first-order valence-corrected chi connectivity index (χ1v) is 6.35. The zero-order valence-corrected chi connectivity index (χ0v) is 10.0. The Kier molecular flexibility index (Phi) is 4.04. The summed E-state index contributed by atoms with van der Waals surface area (Å²) < 4.78 is 25.0. The normalized spacial score (nSPS) is 13.6. The molecule has 0 saturated heterocycles. The first-order chi connectivity index (χ1) is 7.52. The molecule has 0 saturated carbocycles. The van der Waals surface area contributed by atoms with E-state index in [0.29, 0.717) is 0 Å². The van der Waals surface area contributed by atoms with E-state index in [1.165, 1.54) is 11.4 Å². The summed E-state index contributed by atoms with van der Waals surface area (Å²) in [6.07, 6.45) is 3.47. The highest BCUT2D eigenvalue weighted by atomic mass is 32.2. The van der Waals surface area contributed by atoms with Crippen LogP contribution in [-0.4, -0.2) is 35.2 Å². The van der Waals surface area contributed by atoms with E-state index in [-0.39, 0.29) is 13.0 Å². The summed E-state index contributed by atoms with van der Waals surface area (Å²) in [6.45, 7) is 1.90. The molecule has 1 aromatic heterocycles. The Labute approximate surface area is 94.9 Å². The Bertz CT molecular complexity index is 460. The maximum atomic E-state index is 11.9. The van der Waals surface area contributed by atoms with Crippen molar-refractivity contribution in [2.75, 3.05) is 7.05 Å². The van der Waals surface area contributed by atoms with E-state index in [9.17, 15) is 8.42 Å². The van der Waals surface area contributed by atoms with Crippen molar-refractivity contribution in [3.8, 4) is 6.07 Å². The van der Waals surface area contributed by atoms with Crippen molar-refractivity contribution >= 4 is 10.0 Å². The van der Waals surface area contributed by atoms with Gasteiger partial charge >= 0.3 is 0 Å². The van der Waals surface area contributed by atoms with Gasteiger partial charge in [-0.2, -0.15) is 14.7 Å². The highest BCUT2D eigenvalue weighted by Crippen LogP contribution is 2.12. The predicted molar refractivity (Wildman–Crippen MR) is 58.7 cm³/mol. The molecule has 0 fully saturated rings. The molecule has 0 aliphatic heterocycles. The van der Waals surface area contributed by atoms with Crippen molar-refractivity contribution in [2.24, 2.45) is 0 Å². The standard InChI is InChI=1S/C9H14N4O2S/c1-3-9(4-10)16(14,15)13(2)7-8-5-11-12-6-8/h5-6,9H,3,7H2,1-2H3,(H,11,12). The Morgan fingerprint density at radius 3 is 2.81 bits per heavy atom. The fourth-order valence-electron chi connectivity index (χ4n) is 1.30. The fraction of sp³-hybridized carbons (Fsp3) is 0.556. The largest absolute Gasteiger partial charge is 0.285 e. The van der Waals surface area contributed by atoms with Gasteiger partial charge in [-0.05, 0) is 6.42 Å². The van der Waals surface area contributed by atoms with Gasteiger partial charge in [0.05, 0.1) is 12.3 Å². The minimum atomic E-state index is -3.55. The van der Waals surface area contributed by atoms with Crippen molar-refractivity contribution in [2.45, 2.75) is 25.1 Å². The zero-order chi connectivity index (χ0) is 12.2. The summed E-state index contributed by atoms with van der Waals surface area (Å²) in [5.74, 6) is 0. The number of rotatable bonds is 5. The van der Waals surface area contributed by atoms with Crippen LogP contribution in [0.2, 0.25) is 0 Å². The minimum absolute atomic E-state index is 0.219. The Hall–Kier alpha value is -1.39. The molecule has 7 heteroatoms. The number of aromatic amines is 1. The molecule has 6 nitrogen and oxygen atoms in total. The second-order valence-electron chi connectivity index (χ2n) is 3.43. The van der Waals surface area contributed by atoms with Crippen molar-refractivity contribution in [3.63, 3.8) is 0 Å². The van der Waals surface area contributed by atoms with Crippen LogP contribution in [-0.2, 0) is 16.6 Å². The second kappa shape index (κ2) is 5.09. The van der Waals surface area contributed by atoms with Gasteiger partial charge in [0.2, 0.25) is 10.0 Å². The molecule has 88 valence electrons. The number of sulfonamides is 1. The van der Waals surface area contributed by atoms with Crippen LogP contribution in [0.3, 0.4) is 0 Å². The smallest absolute Gasteiger partial charge is 0.230 e. The number of aromatic nitrogens is 2. The molecule has 1 aromatic rings. The van der Waals surface area contributed by atoms with E-state index < -0.39 is 15.3 Å². The molecule has 1 N–H and O–H groups in total. The Morgan fingerprint density at radius 1 is 1.69 bits per heavy atom. The Balaban J connectivity index is 2.81. The van der Waals surface area contributed by atoms with Crippen LogP contribution in [0.4, 0.5) is 0 Å². The summed E-state index contributed by atoms with van der Waals surface area (Å²) in [6, 6.07) is 1.80. The first-order valence-electron chi connectivity index (χ1n) is 4.84. The van der Waals surface area contributed by atoms with Crippen LogP contribution in [0.1, 0.15) is 18.9 Å². The van der Waals surface area contributed by atoms with Crippen LogP contribution < -0.4 is 0 Å². The molecule has 16 heavy (non-hydrogen) atoms. The van der Waals surface area contributed by atoms with Gasteiger partial charge in [0.1, 0.15) is 0 Å². The van der Waals surface area contributed by atoms with Gasteiger partial charge in [-0.3, -0.25) is 5.10 Å². The average molecular weight is 242 g/mol. The molecule has 0 aliphatic rings. The minimum Gasteiger partial charge on any atom is -0.285 e. The van der Waals surface area contributed by atoms with E-state index in [0.717, 1.165) is 5.56 Å². The average Bonchev–Trinajstić information content (AvgIpc) is 2.71. The molecule has 1 heterocycles. The number of hydrogen-bond acceptors (Lipinski definition) is 4. The quantitative estimate of drug-likeness (QED) is 0.812. The van der Waals surface area contributed by atoms with Gasteiger partial charge < -0.3 is 0 Å². The van der Waals surface area contributed by atoms with Crippen molar-refractivity contribution in [1.82, 2.24) is 14.5 Å². The van der Waals surface area contributed by atoms with Crippen LogP contribution in [0.15, 0.2) is 12.4 Å². The summed E-state index contributed by atoms with van der Waals surface area (Å²) in [4.78, 5) is 0. The number of nitriles is 1. The maximum absolute atomic E-state index is 11.9. The molecule has 0 bridgehead atoms. The summed E-state index contributed by atoms with van der Waals surface area (Å²) >= 11 is 0. The van der Waals surface area contributed by atoms with Gasteiger partial charge in [-0.1, -0.05) is 6.92 Å². The van der Waals surface area contributed by atoms with E-state index in [1.807, 2.05) is 0 Å². The van der Waals surface area contributed by atoms with Crippen molar-refractivity contribution in [3.05, 3.63) is 18.0 Å². The third-order valence-corrected chi connectivity index (χ3v) is 4.42. The third kappa shape index (κ3) is 2.59. The summed E-state index contributed by atoms with van der Waals surface area (Å²) in [5, 5.41) is 14.1. The van der Waals surface area contributed by atoms with E-state index in [1.54, 1.807) is 25.4 Å². The topological polar surface area (TPSA) is 89.8 Å². The molecule has 1 rings (SSSR count). The molecular formula is C9H14N4O2S. The van der Waals surface area contributed by atoms with Gasteiger partial charge in [-0.15, -0.1) is 0 Å². The lowest BCUT2D eigenvalue weighted by Crippen LogP contribution is -2.34. The molecule has 0 aliphatic carbocycles. The molecule has 1 unspecified atom stereocenters. The van der Waals surface area contributed by atoms with Gasteiger partial charge in [0.25, 0.3) is 0 Å². The van der Waals surface area contributed by atoms with Crippen LogP contribution in [0.5, 0.6) is 0 Å². The predicted octanol–water partition coefficient (Wildman–Crippen LogP) is 0.473. The monoisotopic (exact) mass is 242 g/mol. The van der Waals surface area contributed by atoms with E-state index >= 15 is 0 Å². The maximum Gasteiger partial charge on any atom is 0.230 e. The number of nitrogens with zero attached hydrogens (tertiary/aromatic N) is 3. The number of nitrogens with one attached hydrogen (secondary N) is 1. The molecule has 0 amide bonds. The lowest BCUT2D eigenvalue weighted by molar-refractivity contribution is 0.460. The van der Waals surface area contributed by atoms with Crippen LogP contribution >= 0.6 is 0 Å². The molecular weight excluding hydrogens is 228 g/mol. The first kappa shape index (κ1) is 12.7. The lowest BCUT2D eigenvalue weighted by atomic mass is 10.4. The third-order valence-electron chi connectivity index (χ3n) is 2.27. The summed E-state index contributed by atoms with van der Waals surface area (Å²) in [5.41, 5.74) is 0.763. The zero-order valence-electron chi connectivity index (χ0n) is 9.21. The SMILES string of the molecule is CCC(C#N)S(=O)(=O)N(C)Cc1cn[nH]c1. The van der Waals surface area contributed by atoms with E-state index in [4.69, 9.17) is 5.26 Å². The molecule has 0 radical (unpaired) electrons. The number of hydrogen-bond donors (Lipinski definition) is 1. The highest BCUT2D eigenvalue weighted by Gasteiger charge is 2.28. The fourth-order valence-corrected chi connectivity index (χ4v) is 2.61. The molecule has 0 aromatic carbocycles. The van der Waals surface area contributed by atoms with E-state index in [2.05, 4.69) is 10.2 Å². The second-order valence-corrected chi connectivity index (χ2v) is 5.66. The summed E-state index contributed by atoms with van der Waals surface area (Å²) in [7, 11) is -2.09. The molecule has 1 atom stereocenters. The highest BCUT2D eigenvalue weighted by molar-refractivity contribution is 7.89. The lowest BCUT2D eigenvalue weighted by Gasteiger charge is -2.18. The van der Waals surface area contributed by atoms with Gasteiger partial charge in [-0.25, -0.2) is 8.42 Å². The Morgan fingerprint density at radius 2 is 2.38 bits per heavy atom. The van der Waals surface area contributed by atoms with Crippen molar-refractivity contribution < 1.29 is 8.42 Å². The van der Waals surface area contributed by atoms with Gasteiger partial charge in [0, 0.05) is 25.4 Å². The van der Waals surface area contributed by atoms with Crippen LogP contribution in [0, 0.1) is 11.3 Å². The molecule has 0 spiro atoms. The van der Waals surface area contributed by atoms with Crippen LogP contribution in [0.25, 0.3) is 0 Å².